The van der Waals surface area contributed by atoms with Crippen LogP contribution in [0.1, 0.15) is 108 Å². The predicted molar refractivity (Wildman–Crippen MR) is 219 cm³/mol. The number of benzene rings is 3. The first-order valence-electron chi connectivity index (χ1n) is 20.2. The van der Waals surface area contributed by atoms with Crippen LogP contribution < -0.4 is 20.3 Å². The van der Waals surface area contributed by atoms with Crippen LogP contribution in [0.4, 0.5) is 11.4 Å². The quantitative estimate of drug-likeness (QED) is 0.167. The molecule has 1 aliphatic carbocycles. The van der Waals surface area contributed by atoms with E-state index in [-0.39, 0.29) is 47.6 Å². The van der Waals surface area contributed by atoms with Gasteiger partial charge in [-0.3, -0.25) is 39.1 Å². The Morgan fingerprint density at radius 3 is 2.14 bits per heavy atom. The minimum Gasteiger partial charge on any atom is -0.489 e. The van der Waals surface area contributed by atoms with Crippen LogP contribution in [-0.2, 0) is 22.7 Å². The lowest BCUT2D eigenvalue weighted by molar-refractivity contribution is -0.164. The standard InChI is InChI=1S/C45H49ClN6O6/c1-44(2)42(45(3,4)43(44)58-31-12-13-35(47-5)34(46)23-31)49-38(54)27-8-10-30(11-9-27)51-19-16-26(17-20-51)7-6-18-50-24-28-21-32-33(22-29(28)25-50)41(57)52(40(32)56)36-14-15-37(53)48-39(36)55/h8-13,21-23,26,36,42-43H,6-7,14-20,24-25H2,1-4H3,(H,49,54)(H,48,53,55)/t36-,42?,43?/m0/s1. The number of anilines is 1. The van der Waals surface area contributed by atoms with Crippen LogP contribution in [0.5, 0.6) is 5.75 Å². The number of amides is 5. The number of nitrogens with one attached hydrogen (secondary N) is 2. The van der Waals surface area contributed by atoms with E-state index in [1.54, 1.807) is 18.2 Å². The zero-order valence-corrected chi connectivity index (χ0v) is 34.2. The fourth-order valence-electron chi connectivity index (χ4n) is 10.3. The second-order valence-corrected chi connectivity index (χ2v) is 18.1. The molecule has 0 unspecified atom stereocenters. The van der Waals surface area contributed by atoms with Crippen molar-refractivity contribution >= 4 is 52.5 Å². The summed E-state index contributed by atoms with van der Waals surface area (Å²) in [5, 5.41) is 5.89. The maximum absolute atomic E-state index is 13.5. The molecule has 2 N–H and O–H groups in total. The van der Waals surface area contributed by atoms with Gasteiger partial charge in [-0.15, -0.1) is 0 Å². The van der Waals surface area contributed by atoms with Crippen molar-refractivity contribution in [3.05, 3.63) is 98.9 Å². The Morgan fingerprint density at radius 2 is 1.55 bits per heavy atom. The van der Waals surface area contributed by atoms with E-state index in [4.69, 9.17) is 22.9 Å². The molecule has 3 fully saturated rings. The summed E-state index contributed by atoms with van der Waals surface area (Å²) in [7, 11) is 0. The van der Waals surface area contributed by atoms with Crippen LogP contribution in [-0.4, -0.2) is 77.2 Å². The molecule has 5 amide bonds. The van der Waals surface area contributed by atoms with Gasteiger partial charge in [0.25, 0.3) is 17.7 Å². The molecule has 13 heteroatoms. The summed E-state index contributed by atoms with van der Waals surface area (Å²) in [4.78, 5) is 73.3. The van der Waals surface area contributed by atoms with Crippen LogP contribution in [0.15, 0.2) is 54.6 Å². The molecule has 5 aliphatic rings. The molecule has 0 radical (unpaired) electrons. The molecule has 2 saturated heterocycles. The van der Waals surface area contributed by atoms with Gasteiger partial charge < -0.3 is 15.0 Å². The number of ether oxygens (including phenoxy) is 1. The minimum atomic E-state index is -0.957. The highest BCUT2D eigenvalue weighted by atomic mass is 35.5. The largest absolute Gasteiger partial charge is 0.489 e. The number of imide groups is 2. The molecular formula is C45H49ClN6O6. The van der Waals surface area contributed by atoms with Gasteiger partial charge >= 0.3 is 0 Å². The smallest absolute Gasteiger partial charge is 0.262 e. The Labute approximate surface area is 344 Å². The maximum Gasteiger partial charge on any atom is 0.262 e. The lowest BCUT2D eigenvalue weighted by Gasteiger charge is -2.63. The van der Waals surface area contributed by atoms with E-state index in [2.05, 4.69) is 53.0 Å². The number of nitrogens with zero attached hydrogens (tertiary/aromatic N) is 4. The molecule has 58 heavy (non-hydrogen) atoms. The highest BCUT2D eigenvalue weighted by molar-refractivity contribution is 6.33. The zero-order valence-electron chi connectivity index (χ0n) is 33.4. The van der Waals surface area contributed by atoms with E-state index in [1.807, 2.05) is 36.4 Å². The van der Waals surface area contributed by atoms with Crippen molar-refractivity contribution in [2.24, 2.45) is 16.7 Å². The lowest BCUT2D eigenvalue weighted by atomic mass is 9.49. The fraction of sp³-hybridized carbons (Fsp3) is 0.467. The lowest BCUT2D eigenvalue weighted by Crippen LogP contribution is -2.74. The van der Waals surface area contributed by atoms with E-state index in [0.29, 0.717) is 39.1 Å². The van der Waals surface area contributed by atoms with Gasteiger partial charge in [0.1, 0.15) is 17.9 Å². The molecule has 302 valence electrons. The molecule has 0 bridgehead atoms. The normalized spacial score (nSPS) is 23.8. The monoisotopic (exact) mass is 804 g/mol. The summed E-state index contributed by atoms with van der Waals surface area (Å²) in [6.07, 6.45) is 4.49. The second kappa shape index (κ2) is 15.2. The van der Waals surface area contributed by atoms with Gasteiger partial charge in [0.05, 0.1) is 22.7 Å². The van der Waals surface area contributed by atoms with Gasteiger partial charge in [-0.05, 0) is 104 Å². The molecule has 12 nitrogen and oxygen atoms in total. The molecule has 3 aromatic rings. The number of piperidine rings is 2. The third-order valence-corrected chi connectivity index (χ3v) is 13.5. The molecule has 1 saturated carbocycles. The molecular weight excluding hydrogens is 756 g/mol. The number of rotatable bonds is 10. The van der Waals surface area contributed by atoms with E-state index < -0.39 is 23.8 Å². The van der Waals surface area contributed by atoms with Gasteiger partial charge in [0.15, 0.2) is 0 Å². The summed E-state index contributed by atoms with van der Waals surface area (Å²) in [5.41, 5.74) is 4.22. The first kappa shape index (κ1) is 39.6. The van der Waals surface area contributed by atoms with Crippen molar-refractivity contribution in [1.82, 2.24) is 20.4 Å². The topological polar surface area (TPSA) is 133 Å². The Bertz CT molecular complexity index is 2180. The Morgan fingerprint density at radius 1 is 0.914 bits per heavy atom. The molecule has 1 atom stereocenters. The zero-order chi connectivity index (χ0) is 41.1. The van der Waals surface area contributed by atoms with Crippen LogP contribution in [0, 0.1) is 23.3 Å². The highest BCUT2D eigenvalue weighted by Gasteiger charge is 2.64. The minimum absolute atomic E-state index is 0.100. The number of hydrogen-bond donors (Lipinski definition) is 2. The van der Waals surface area contributed by atoms with Crippen LogP contribution >= 0.6 is 11.6 Å². The van der Waals surface area contributed by atoms with E-state index in [0.717, 1.165) is 80.1 Å². The van der Waals surface area contributed by atoms with Crippen molar-refractivity contribution in [2.45, 2.75) is 97.5 Å². The summed E-state index contributed by atoms with van der Waals surface area (Å²) >= 11 is 6.26. The molecule has 0 aromatic heterocycles. The van der Waals surface area contributed by atoms with E-state index >= 15 is 0 Å². The van der Waals surface area contributed by atoms with Crippen molar-refractivity contribution in [2.75, 3.05) is 24.5 Å². The third kappa shape index (κ3) is 7.13. The molecule has 8 rings (SSSR count). The van der Waals surface area contributed by atoms with Gasteiger partial charge in [0.2, 0.25) is 17.5 Å². The number of carbonyl (C=O) groups is 5. The number of fused-ring (bicyclic) bond motifs is 2. The first-order chi connectivity index (χ1) is 27.6. The summed E-state index contributed by atoms with van der Waals surface area (Å²) in [6.45, 7) is 19.9. The summed E-state index contributed by atoms with van der Waals surface area (Å²) in [6, 6.07) is 15.6. The molecule has 4 heterocycles. The maximum atomic E-state index is 13.5. The Hall–Kier alpha value is -5.25. The van der Waals surface area contributed by atoms with Crippen molar-refractivity contribution < 1.29 is 28.7 Å². The number of carbonyl (C=O) groups excluding carboxylic acids is 5. The number of halogens is 1. The Kier molecular flexibility index (Phi) is 10.3. The van der Waals surface area contributed by atoms with Gasteiger partial charge in [-0.25, -0.2) is 4.85 Å². The van der Waals surface area contributed by atoms with Crippen LogP contribution in [0.3, 0.4) is 0 Å². The van der Waals surface area contributed by atoms with E-state index in [1.165, 1.54) is 0 Å². The predicted octanol–water partition coefficient (Wildman–Crippen LogP) is 6.92. The SMILES string of the molecule is [C-]#[N+]c1ccc(OC2C(C)(C)C(NC(=O)c3ccc(N4CCC(CCCN5Cc6cc7c(cc6C5)C(=O)N([C@H]5CCC(=O)NC5=O)C7=O)CC4)cc3)C2(C)C)cc1Cl. The van der Waals surface area contributed by atoms with E-state index in [9.17, 15) is 24.0 Å². The first-order valence-corrected chi connectivity index (χ1v) is 20.6. The molecule has 3 aromatic carbocycles. The van der Waals surface area contributed by atoms with Crippen LogP contribution in [0.25, 0.3) is 4.85 Å². The summed E-state index contributed by atoms with van der Waals surface area (Å²) in [5.74, 6) is -0.769. The van der Waals surface area contributed by atoms with Crippen molar-refractivity contribution in [3.8, 4) is 5.75 Å². The summed E-state index contributed by atoms with van der Waals surface area (Å²) < 4.78 is 6.39. The average molecular weight is 805 g/mol. The van der Waals surface area contributed by atoms with Gasteiger partial charge in [-0.1, -0.05) is 45.4 Å². The second-order valence-electron chi connectivity index (χ2n) is 17.7. The van der Waals surface area contributed by atoms with Crippen LogP contribution in [0.2, 0.25) is 5.02 Å². The molecule has 0 spiro atoms. The fourth-order valence-corrected chi connectivity index (χ4v) is 10.5. The average Bonchev–Trinajstić information content (AvgIpc) is 3.71. The van der Waals surface area contributed by atoms with Crippen molar-refractivity contribution in [1.29, 1.82) is 0 Å². The molecule has 4 aliphatic heterocycles. The van der Waals surface area contributed by atoms with Crippen molar-refractivity contribution in [3.63, 3.8) is 0 Å². The van der Waals surface area contributed by atoms with Gasteiger partial charge in [-0.2, -0.15) is 0 Å². The highest BCUT2D eigenvalue weighted by Crippen LogP contribution is 2.56. The third-order valence-electron chi connectivity index (χ3n) is 13.2. The Balaban J connectivity index is 0.778. The van der Waals surface area contributed by atoms with Gasteiger partial charge in [0, 0.05) is 60.7 Å². The number of hydrogen-bond acceptors (Lipinski definition) is 8.